The smallest absolute Gasteiger partial charge is 0.306 e. The zero-order valence-corrected chi connectivity index (χ0v) is 39.9. The minimum atomic E-state index is -0.788. The predicted octanol–water partition coefficient (Wildman–Crippen LogP) is 16.6. The fraction of sp³-hybridized carbons (Fsp3) is 0.727. The Hall–Kier alpha value is -3.15. The van der Waals surface area contributed by atoms with Gasteiger partial charge in [0, 0.05) is 19.3 Å². The SMILES string of the molecule is CC/C=C\C/C=C\C/C=C\C/C=C\C/C=C\C/C=C\CCCCC(=O)OCC(COC(=O)CCCCCCCCCCCCC)OC(=O)CCCCCCCCCCCCC. The van der Waals surface area contributed by atoms with Crippen LogP contribution < -0.4 is 0 Å². The lowest BCUT2D eigenvalue weighted by Gasteiger charge is -2.18. The largest absolute Gasteiger partial charge is 0.462 e. The van der Waals surface area contributed by atoms with Crippen LogP contribution in [0.15, 0.2) is 72.9 Å². The van der Waals surface area contributed by atoms with Crippen LogP contribution in [0, 0.1) is 0 Å². The van der Waals surface area contributed by atoms with Gasteiger partial charge in [-0.3, -0.25) is 14.4 Å². The van der Waals surface area contributed by atoms with Crippen molar-refractivity contribution in [3.8, 4) is 0 Å². The van der Waals surface area contributed by atoms with Gasteiger partial charge in [-0.1, -0.05) is 222 Å². The molecule has 0 amide bonds. The maximum absolute atomic E-state index is 12.7. The number of rotatable bonds is 45. The predicted molar refractivity (Wildman–Crippen MR) is 261 cm³/mol. The Balaban J connectivity index is 4.39. The van der Waals surface area contributed by atoms with E-state index in [0.717, 1.165) is 96.3 Å². The van der Waals surface area contributed by atoms with E-state index >= 15 is 0 Å². The second-order valence-electron chi connectivity index (χ2n) is 16.7. The van der Waals surface area contributed by atoms with E-state index in [1.165, 1.54) is 103 Å². The number of hydrogen-bond donors (Lipinski definition) is 0. The van der Waals surface area contributed by atoms with Crippen molar-refractivity contribution in [3.05, 3.63) is 72.9 Å². The molecule has 0 aliphatic heterocycles. The van der Waals surface area contributed by atoms with Gasteiger partial charge >= 0.3 is 17.9 Å². The molecule has 0 radical (unpaired) electrons. The molecule has 0 N–H and O–H groups in total. The summed E-state index contributed by atoms with van der Waals surface area (Å²) in [5.41, 5.74) is 0. The van der Waals surface area contributed by atoms with Gasteiger partial charge in [-0.25, -0.2) is 0 Å². The van der Waals surface area contributed by atoms with Gasteiger partial charge in [0.05, 0.1) is 0 Å². The molecule has 0 heterocycles. The molecule has 0 fully saturated rings. The average molecular weight is 851 g/mol. The van der Waals surface area contributed by atoms with E-state index in [1.807, 2.05) is 0 Å². The van der Waals surface area contributed by atoms with Crippen molar-refractivity contribution >= 4 is 17.9 Å². The van der Waals surface area contributed by atoms with Gasteiger partial charge in [0.1, 0.15) is 13.2 Å². The number of hydrogen-bond acceptors (Lipinski definition) is 6. The van der Waals surface area contributed by atoms with Crippen molar-refractivity contribution in [1.29, 1.82) is 0 Å². The first kappa shape index (κ1) is 57.9. The van der Waals surface area contributed by atoms with Crippen LogP contribution in [0.3, 0.4) is 0 Å². The summed E-state index contributed by atoms with van der Waals surface area (Å²) >= 11 is 0. The van der Waals surface area contributed by atoms with E-state index in [4.69, 9.17) is 14.2 Å². The normalized spacial score (nSPS) is 12.6. The van der Waals surface area contributed by atoms with Crippen LogP contribution in [-0.2, 0) is 28.6 Å². The van der Waals surface area contributed by atoms with E-state index in [1.54, 1.807) is 0 Å². The Labute approximate surface area is 376 Å². The third-order valence-corrected chi connectivity index (χ3v) is 10.7. The van der Waals surface area contributed by atoms with Gasteiger partial charge in [-0.15, -0.1) is 0 Å². The summed E-state index contributed by atoms with van der Waals surface area (Å²) in [6.45, 7) is 6.47. The second kappa shape index (κ2) is 49.5. The maximum atomic E-state index is 12.7. The molecular weight excluding hydrogens is 757 g/mol. The number of carbonyl (C=O) groups is 3. The lowest BCUT2D eigenvalue weighted by atomic mass is 10.1. The summed E-state index contributed by atoms with van der Waals surface area (Å²) in [6.07, 6.45) is 61.7. The van der Waals surface area contributed by atoms with E-state index in [2.05, 4.69) is 93.7 Å². The first-order valence-electron chi connectivity index (χ1n) is 25.4. The molecule has 6 nitrogen and oxygen atoms in total. The van der Waals surface area contributed by atoms with Crippen molar-refractivity contribution < 1.29 is 28.6 Å². The van der Waals surface area contributed by atoms with E-state index in [0.29, 0.717) is 19.3 Å². The number of ether oxygens (including phenoxy) is 3. The molecule has 0 aliphatic rings. The molecule has 0 rings (SSSR count). The Morgan fingerprint density at radius 3 is 1.00 bits per heavy atom. The fourth-order valence-corrected chi connectivity index (χ4v) is 6.92. The summed E-state index contributed by atoms with van der Waals surface area (Å²) in [4.78, 5) is 37.9. The van der Waals surface area contributed by atoms with Crippen LogP contribution in [0.2, 0.25) is 0 Å². The van der Waals surface area contributed by atoms with E-state index in [-0.39, 0.29) is 31.1 Å². The lowest BCUT2D eigenvalue weighted by molar-refractivity contribution is -0.167. The number of unbranched alkanes of at least 4 members (excludes halogenated alkanes) is 22. The third-order valence-electron chi connectivity index (χ3n) is 10.7. The van der Waals surface area contributed by atoms with Gasteiger partial charge in [0.15, 0.2) is 6.10 Å². The van der Waals surface area contributed by atoms with Crippen LogP contribution in [-0.4, -0.2) is 37.2 Å². The van der Waals surface area contributed by atoms with Crippen LogP contribution in [0.1, 0.15) is 239 Å². The van der Waals surface area contributed by atoms with Crippen LogP contribution in [0.5, 0.6) is 0 Å². The third kappa shape index (κ3) is 47.7. The number of esters is 3. The minimum Gasteiger partial charge on any atom is -0.462 e. The molecule has 0 spiro atoms. The van der Waals surface area contributed by atoms with Gasteiger partial charge in [0.25, 0.3) is 0 Å². The Morgan fingerprint density at radius 1 is 0.344 bits per heavy atom. The lowest BCUT2D eigenvalue weighted by Crippen LogP contribution is -2.30. The molecule has 1 atom stereocenters. The molecule has 0 bridgehead atoms. The quantitative estimate of drug-likeness (QED) is 0.0263. The minimum absolute atomic E-state index is 0.0865. The fourth-order valence-electron chi connectivity index (χ4n) is 6.92. The van der Waals surface area contributed by atoms with Gasteiger partial charge in [0.2, 0.25) is 0 Å². The highest BCUT2D eigenvalue weighted by atomic mass is 16.6. The number of carbonyl (C=O) groups excluding carboxylic acids is 3. The summed E-state index contributed by atoms with van der Waals surface area (Å²) in [6, 6.07) is 0. The van der Waals surface area contributed by atoms with Crippen LogP contribution in [0.25, 0.3) is 0 Å². The Morgan fingerprint density at radius 2 is 0.639 bits per heavy atom. The first-order chi connectivity index (χ1) is 30.0. The molecule has 0 aromatic carbocycles. The molecule has 0 saturated carbocycles. The first-order valence-corrected chi connectivity index (χ1v) is 25.4. The number of allylic oxidation sites excluding steroid dienone is 12. The highest BCUT2D eigenvalue weighted by Gasteiger charge is 2.19. The topological polar surface area (TPSA) is 78.9 Å². The highest BCUT2D eigenvalue weighted by molar-refractivity contribution is 5.71. The molecular formula is C55H94O6. The van der Waals surface area contributed by atoms with Gasteiger partial charge in [-0.2, -0.15) is 0 Å². The van der Waals surface area contributed by atoms with Crippen molar-refractivity contribution in [2.45, 2.75) is 245 Å². The van der Waals surface area contributed by atoms with Crippen molar-refractivity contribution in [2.75, 3.05) is 13.2 Å². The Kier molecular flexibility index (Phi) is 46.9. The zero-order valence-electron chi connectivity index (χ0n) is 39.9. The van der Waals surface area contributed by atoms with Crippen LogP contribution >= 0.6 is 0 Å². The van der Waals surface area contributed by atoms with Gasteiger partial charge < -0.3 is 14.2 Å². The molecule has 350 valence electrons. The summed E-state index contributed by atoms with van der Waals surface area (Å²) < 4.78 is 16.7. The second-order valence-corrected chi connectivity index (χ2v) is 16.7. The van der Waals surface area contributed by atoms with Crippen LogP contribution in [0.4, 0.5) is 0 Å². The molecule has 0 aromatic rings. The average Bonchev–Trinajstić information content (AvgIpc) is 3.26. The molecule has 6 heteroatoms. The molecule has 61 heavy (non-hydrogen) atoms. The van der Waals surface area contributed by atoms with Crippen molar-refractivity contribution in [1.82, 2.24) is 0 Å². The summed E-state index contributed by atoms with van der Waals surface area (Å²) in [5.74, 6) is -0.931. The van der Waals surface area contributed by atoms with E-state index in [9.17, 15) is 14.4 Å². The molecule has 0 saturated heterocycles. The van der Waals surface area contributed by atoms with Crippen molar-refractivity contribution in [2.24, 2.45) is 0 Å². The maximum Gasteiger partial charge on any atom is 0.306 e. The summed E-state index contributed by atoms with van der Waals surface area (Å²) in [7, 11) is 0. The van der Waals surface area contributed by atoms with Gasteiger partial charge in [-0.05, 0) is 70.6 Å². The Bertz CT molecular complexity index is 1160. The monoisotopic (exact) mass is 851 g/mol. The standard InChI is InChI=1S/C55H94O6/c1-4-7-10-13-16-19-22-23-24-25-26-27-28-29-30-31-34-36-39-42-45-48-54(57)60-51-52(61-55(58)49-46-43-40-37-33-21-18-15-12-9-6-3)50-59-53(56)47-44-41-38-35-32-20-17-14-11-8-5-2/h7,10,16,19,23-24,26-27,29-30,34,36,52H,4-6,8-9,11-15,17-18,20-22,25,28,31-33,35,37-51H2,1-3H3/b10-7-,19-16-,24-23-,27-26-,30-29-,36-34-. The molecule has 1 unspecified atom stereocenters. The zero-order chi connectivity index (χ0) is 44.4. The molecule has 0 aliphatic carbocycles. The molecule has 0 aromatic heterocycles. The van der Waals surface area contributed by atoms with Crippen molar-refractivity contribution in [3.63, 3.8) is 0 Å². The summed E-state index contributed by atoms with van der Waals surface area (Å²) in [5, 5.41) is 0. The van der Waals surface area contributed by atoms with E-state index < -0.39 is 6.10 Å². The highest BCUT2D eigenvalue weighted by Crippen LogP contribution is 2.15.